The Morgan fingerprint density at radius 3 is 2.17 bits per heavy atom. The predicted molar refractivity (Wildman–Crippen MR) is 118 cm³/mol. The number of anilines is 1. The normalized spacial score (nSPS) is 21.3. The Bertz CT molecular complexity index is 1090. The predicted octanol–water partition coefficient (Wildman–Crippen LogP) is 2.84. The van der Waals surface area contributed by atoms with Crippen molar-refractivity contribution in [3.05, 3.63) is 34.7 Å². The van der Waals surface area contributed by atoms with Crippen molar-refractivity contribution in [1.82, 2.24) is 4.90 Å². The highest BCUT2D eigenvalue weighted by atomic mass is 32.2. The first kappa shape index (κ1) is 22.8. The van der Waals surface area contributed by atoms with Gasteiger partial charge >= 0.3 is 0 Å². The minimum atomic E-state index is -3.45. The maximum absolute atomic E-state index is 12.8. The van der Waals surface area contributed by atoms with Crippen LogP contribution in [0.3, 0.4) is 0 Å². The molecule has 164 valence electrons. The van der Waals surface area contributed by atoms with Gasteiger partial charge < -0.3 is 0 Å². The van der Waals surface area contributed by atoms with E-state index in [1.165, 1.54) is 6.26 Å². The van der Waals surface area contributed by atoms with Crippen LogP contribution in [0.5, 0.6) is 0 Å². The lowest BCUT2D eigenvalue weighted by molar-refractivity contribution is -0.123. The number of rotatable bonds is 6. The number of amides is 2. The number of sulfone groups is 1. The van der Waals surface area contributed by atoms with E-state index >= 15 is 0 Å². The lowest BCUT2D eigenvalue weighted by atomic mass is 9.88. The summed E-state index contributed by atoms with van der Waals surface area (Å²) in [5.74, 6) is -0.503. The highest BCUT2D eigenvalue weighted by Gasteiger charge is 2.47. The smallest absolute Gasteiger partial charge is 0.284 e. The number of sulfonamides is 1. The minimum Gasteiger partial charge on any atom is -0.284 e. The molecule has 0 bridgehead atoms. The van der Waals surface area contributed by atoms with Crippen LogP contribution in [0.1, 0.15) is 37.7 Å². The van der Waals surface area contributed by atoms with Gasteiger partial charge in [0.1, 0.15) is 0 Å². The van der Waals surface area contributed by atoms with Gasteiger partial charge in [-0.05, 0) is 48.4 Å². The van der Waals surface area contributed by atoms with Crippen molar-refractivity contribution in [3.8, 4) is 0 Å². The second-order valence-electron chi connectivity index (χ2n) is 7.78. The van der Waals surface area contributed by atoms with Crippen LogP contribution in [-0.2, 0) is 24.7 Å². The fourth-order valence-corrected chi connectivity index (χ4v) is 6.58. The molecule has 1 saturated carbocycles. The molecule has 0 radical (unpaired) electrons. The number of nitrogens with zero attached hydrogens (tertiary/aromatic N) is 1. The molecular weight excluding hydrogens is 448 g/mol. The molecule has 0 aromatic heterocycles. The molecule has 30 heavy (non-hydrogen) atoms. The Balaban J connectivity index is 1.80. The first-order chi connectivity index (χ1) is 13.9. The van der Waals surface area contributed by atoms with Crippen molar-refractivity contribution in [2.45, 2.75) is 36.9 Å². The Kier molecular flexibility index (Phi) is 6.35. The van der Waals surface area contributed by atoms with E-state index in [-0.39, 0.29) is 11.4 Å². The zero-order valence-corrected chi connectivity index (χ0v) is 19.2. The third kappa shape index (κ3) is 5.06. The number of imide groups is 1. The van der Waals surface area contributed by atoms with E-state index in [9.17, 15) is 26.4 Å². The monoisotopic (exact) mass is 472 g/mol. The largest absolute Gasteiger partial charge is 0.293 e. The van der Waals surface area contributed by atoms with Crippen LogP contribution >= 0.6 is 11.8 Å². The third-order valence-corrected chi connectivity index (χ3v) is 9.01. The van der Waals surface area contributed by atoms with Crippen LogP contribution in [0.25, 0.3) is 6.08 Å². The molecule has 1 aromatic carbocycles. The number of nitrogens with one attached hydrogen (secondary N) is 1. The molecule has 8 nitrogen and oxygen atoms in total. The zero-order valence-electron chi connectivity index (χ0n) is 16.8. The molecule has 1 aliphatic carbocycles. The lowest BCUT2D eigenvalue weighted by Gasteiger charge is -2.37. The van der Waals surface area contributed by atoms with Gasteiger partial charge in [-0.25, -0.2) is 16.8 Å². The van der Waals surface area contributed by atoms with E-state index in [0.29, 0.717) is 24.1 Å². The number of carbonyl (C=O) groups excluding carboxylic acids is 2. The molecule has 3 rings (SSSR count). The first-order valence-electron chi connectivity index (χ1n) is 9.43. The van der Waals surface area contributed by atoms with Crippen LogP contribution in [0, 0.1) is 0 Å². The molecule has 2 fully saturated rings. The van der Waals surface area contributed by atoms with Crippen LogP contribution in [0.15, 0.2) is 29.2 Å². The summed E-state index contributed by atoms with van der Waals surface area (Å²) >= 11 is 0.781. The maximum atomic E-state index is 12.8. The molecule has 1 saturated heterocycles. The van der Waals surface area contributed by atoms with E-state index in [1.807, 2.05) is 0 Å². The van der Waals surface area contributed by atoms with Gasteiger partial charge in [0, 0.05) is 18.5 Å². The number of carbonyl (C=O) groups is 2. The Morgan fingerprint density at radius 1 is 1.03 bits per heavy atom. The van der Waals surface area contributed by atoms with E-state index in [0.717, 1.165) is 42.2 Å². The Hall–Kier alpha value is -1.85. The van der Waals surface area contributed by atoms with Gasteiger partial charge in [0.25, 0.3) is 11.1 Å². The highest BCUT2D eigenvalue weighted by Crippen LogP contribution is 2.40. The SMILES string of the molecule is CS(=O)(=O)Nc1ccc(/C=C2\SC(=O)N(CC3(S(C)(=O)=O)CCCCC3)C2=O)cc1. The van der Waals surface area contributed by atoms with Crippen molar-refractivity contribution >= 4 is 54.5 Å². The molecule has 11 heteroatoms. The summed E-state index contributed by atoms with van der Waals surface area (Å²) in [6, 6.07) is 6.36. The van der Waals surface area contributed by atoms with Gasteiger partial charge in [-0.1, -0.05) is 31.4 Å². The summed E-state index contributed by atoms with van der Waals surface area (Å²) in [6.07, 6.45) is 7.13. The summed E-state index contributed by atoms with van der Waals surface area (Å²) in [5, 5.41) is -0.477. The molecule has 0 spiro atoms. The average molecular weight is 473 g/mol. The standard InChI is InChI=1S/C19H24N2O6S3/c1-29(24,25)19(10-4-3-5-11-19)13-21-17(22)16(28-18(21)23)12-14-6-8-15(9-7-14)20-30(2,26)27/h6-9,12,20H,3-5,10-11,13H2,1-2H3/b16-12-. The molecular formula is C19H24N2O6S3. The average Bonchev–Trinajstić information content (AvgIpc) is 2.89. The first-order valence-corrected chi connectivity index (χ1v) is 14.0. The second-order valence-corrected chi connectivity index (χ2v) is 12.9. The van der Waals surface area contributed by atoms with Crippen molar-refractivity contribution in [1.29, 1.82) is 0 Å². The maximum Gasteiger partial charge on any atom is 0.293 e. The van der Waals surface area contributed by atoms with Gasteiger partial charge in [0.05, 0.1) is 15.9 Å². The molecule has 1 aromatic rings. The van der Waals surface area contributed by atoms with Gasteiger partial charge in [-0.15, -0.1) is 0 Å². The molecule has 1 N–H and O–H groups in total. The Labute approximate surface area is 181 Å². The molecule has 1 heterocycles. The summed E-state index contributed by atoms with van der Waals surface area (Å²) in [4.78, 5) is 26.6. The number of hydrogen-bond donors (Lipinski definition) is 1. The van der Waals surface area contributed by atoms with Crippen molar-refractivity contribution in [2.75, 3.05) is 23.8 Å². The second kappa shape index (κ2) is 8.35. The van der Waals surface area contributed by atoms with Crippen LogP contribution in [0.2, 0.25) is 0 Å². The zero-order chi connectivity index (χ0) is 22.2. The highest BCUT2D eigenvalue weighted by molar-refractivity contribution is 8.18. The van der Waals surface area contributed by atoms with Crippen LogP contribution in [-0.4, -0.2) is 56.7 Å². The topological polar surface area (TPSA) is 118 Å². The van der Waals surface area contributed by atoms with Crippen molar-refractivity contribution in [3.63, 3.8) is 0 Å². The van der Waals surface area contributed by atoms with E-state index in [4.69, 9.17) is 0 Å². The number of hydrogen-bond acceptors (Lipinski definition) is 7. The van der Waals surface area contributed by atoms with Crippen molar-refractivity contribution in [2.24, 2.45) is 0 Å². The van der Waals surface area contributed by atoms with Gasteiger partial charge in [-0.3, -0.25) is 19.2 Å². The van der Waals surface area contributed by atoms with Gasteiger partial charge in [-0.2, -0.15) is 0 Å². The Morgan fingerprint density at radius 2 is 1.63 bits per heavy atom. The fraction of sp³-hybridized carbons (Fsp3) is 0.474. The lowest BCUT2D eigenvalue weighted by Crippen LogP contribution is -2.50. The summed E-state index contributed by atoms with van der Waals surface area (Å²) in [6.45, 7) is -0.120. The van der Waals surface area contributed by atoms with Crippen LogP contribution in [0.4, 0.5) is 10.5 Å². The number of benzene rings is 1. The van der Waals surface area contributed by atoms with Crippen molar-refractivity contribution < 1.29 is 26.4 Å². The summed E-state index contributed by atoms with van der Waals surface area (Å²) in [5.41, 5.74) is 1.00. The third-order valence-electron chi connectivity index (χ3n) is 5.38. The molecule has 0 unspecified atom stereocenters. The van der Waals surface area contributed by atoms with Crippen LogP contribution < -0.4 is 4.72 Å². The van der Waals surface area contributed by atoms with E-state index in [2.05, 4.69) is 4.72 Å². The van der Waals surface area contributed by atoms with E-state index < -0.39 is 35.8 Å². The molecule has 0 atom stereocenters. The summed E-state index contributed by atoms with van der Waals surface area (Å²) in [7, 11) is -6.84. The van der Waals surface area contributed by atoms with Gasteiger partial charge in [0.15, 0.2) is 9.84 Å². The molecule has 1 aliphatic heterocycles. The number of thioether (sulfide) groups is 1. The van der Waals surface area contributed by atoms with Gasteiger partial charge in [0.2, 0.25) is 10.0 Å². The van der Waals surface area contributed by atoms with E-state index in [1.54, 1.807) is 30.3 Å². The quantitative estimate of drug-likeness (QED) is 0.633. The fourth-order valence-electron chi connectivity index (χ4n) is 3.78. The summed E-state index contributed by atoms with van der Waals surface area (Å²) < 4.78 is 48.8. The molecule has 2 amide bonds. The minimum absolute atomic E-state index is 0.120. The molecule has 2 aliphatic rings.